The van der Waals surface area contributed by atoms with Gasteiger partial charge in [-0.3, -0.25) is 14.9 Å². The highest BCUT2D eigenvalue weighted by atomic mass is 32.2. The lowest BCUT2D eigenvalue weighted by Gasteiger charge is -2.18. The zero-order valence-electron chi connectivity index (χ0n) is 15.5. The first kappa shape index (κ1) is 21.3. The average molecular weight is 407 g/mol. The molecule has 0 saturated carbocycles. The highest BCUT2D eigenvalue weighted by Gasteiger charge is 2.21. The lowest BCUT2D eigenvalue weighted by atomic mass is 10.3. The maximum absolute atomic E-state index is 12.4. The molecule has 9 nitrogen and oxygen atoms in total. The van der Waals surface area contributed by atoms with Gasteiger partial charge in [-0.15, -0.1) is 0 Å². The molecule has 2 aromatic carbocycles. The normalized spacial score (nSPS) is 11.2. The van der Waals surface area contributed by atoms with Crippen molar-refractivity contribution >= 4 is 27.3 Å². The van der Waals surface area contributed by atoms with Crippen molar-refractivity contribution < 1.29 is 22.9 Å². The molecule has 0 aliphatic rings. The van der Waals surface area contributed by atoms with Gasteiger partial charge in [-0.2, -0.15) is 4.31 Å². The summed E-state index contributed by atoms with van der Waals surface area (Å²) >= 11 is 0. The smallest absolute Gasteiger partial charge is 0.273 e. The third-order valence-corrected chi connectivity index (χ3v) is 5.94. The van der Waals surface area contributed by atoms with E-state index in [9.17, 15) is 23.3 Å². The van der Waals surface area contributed by atoms with Gasteiger partial charge < -0.3 is 10.1 Å². The zero-order valence-corrected chi connectivity index (χ0v) is 16.3. The van der Waals surface area contributed by atoms with E-state index in [1.54, 1.807) is 13.8 Å². The zero-order chi connectivity index (χ0) is 20.7. The summed E-state index contributed by atoms with van der Waals surface area (Å²) in [6.07, 6.45) is 0. The van der Waals surface area contributed by atoms with E-state index in [1.165, 1.54) is 52.8 Å². The fourth-order valence-corrected chi connectivity index (χ4v) is 3.91. The van der Waals surface area contributed by atoms with Gasteiger partial charge >= 0.3 is 0 Å². The van der Waals surface area contributed by atoms with Gasteiger partial charge in [-0.1, -0.05) is 19.9 Å². The van der Waals surface area contributed by atoms with E-state index in [1.807, 2.05) is 0 Å². The minimum atomic E-state index is -3.56. The van der Waals surface area contributed by atoms with Crippen LogP contribution in [-0.4, -0.2) is 43.2 Å². The van der Waals surface area contributed by atoms with E-state index < -0.39 is 20.9 Å². The molecule has 2 rings (SSSR count). The number of nitro groups is 1. The van der Waals surface area contributed by atoms with Crippen molar-refractivity contribution in [2.75, 3.05) is 25.0 Å². The number of benzene rings is 2. The van der Waals surface area contributed by atoms with Crippen LogP contribution in [0.1, 0.15) is 13.8 Å². The molecule has 0 aliphatic carbocycles. The van der Waals surface area contributed by atoms with Gasteiger partial charge in [0.1, 0.15) is 5.75 Å². The number of nitrogens with one attached hydrogen (secondary N) is 1. The molecule has 0 saturated heterocycles. The predicted molar refractivity (Wildman–Crippen MR) is 104 cm³/mol. The fraction of sp³-hybridized carbons (Fsp3) is 0.278. The summed E-state index contributed by atoms with van der Waals surface area (Å²) in [5.41, 5.74) is 0.272. The standard InChI is InChI=1S/C18H21N3O6S/c1-3-20(4-2)28(25,26)17-10-8-14(9-11-17)19-18(22)13-27-16-7-5-6-15(12-16)21(23)24/h5-12H,3-4,13H2,1-2H3,(H,19,22). The second kappa shape index (κ2) is 9.29. The molecule has 150 valence electrons. The van der Waals surface area contributed by atoms with Crippen molar-refractivity contribution in [3.05, 3.63) is 58.6 Å². The van der Waals surface area contributed by atoms with Gasteiger partial charge in [0.25, 0.3) is 11.6 Å². The van der Waals surface area contributed by atoms with Gasteiger partial charge in [0.15, 0.2) is 6.61 Å². The number of non-ortho nitro benzene ring substituents is 1. The molecular weight excluding hydrogens is 386 g/mol. The number of rotatable bonds is 9. The molecule has 1 N–H and O–H groups in total. The van der Waals surface area contributed by atoms with Crippen LogP contribution in [0.15, 0.2) is 53.4 Å². The SMILES string of the molecule is CCN(CC)S(=O)(=O)c1ccc(NC(=O)COc2cccc([N+](=O)[O-])c2)cc1. The number of anilines is 1. The number of hydrogen-bond acceptors (Lipinski definition) is 6. The first-order valence-electron chi connectivity index (χ1n) is 8.55. The molecule has 2 aromatic rings. The maximum atomic E-state index is 12.4. The van der Waals surface area contributed by atoms with Crippen molar-refractivity contribution in [1.29, 1.82) is 0 Å². The van der Waals surface area contributed by atoms with Crippen LogP contribution in [-0.2, 0) is 14.8 Å². The molecule has 0 heterocycles. The third-order valence-electron chi connectivity index (χ3n) is 3.88. The molecule has 0 aromatic heterocycles. The van der Waals surface area contributed by atoms with Crippen LogP contribution in [0.4, 0.5) is 11.4 Å². The summed E-state index contributed by atoms with van der Waals surface area (Å²) in [6, 6.07) is 11.3. The molecular formula is C18H21N3O6S. The number of nitrogens with zero attached hydrogens (tertiary/aromatic N) is 2. The minimum Gasteiger partial charge on any atom is -0.484 e. The van der Waals surface area contributed by atoms with Crippen LogP contribution >= 0.6 is 0 Å². The number of hydrogen-bond donors (Lipinski definition) is 1. The average Bonchev–Trinajstić information content (AvgIpc) is 2.68. The molecule has 28 heavy (non-hydrogen) atoms. The Morgan fingerprint density at radius 3 is 2.36 bits per heavy atom. The van der Waals surface area contributed by atoms with E-state index in [0.717, 1.165) is 0 Å². The van der Waals surface area contributed by atoms with Gasteiger partial charge in [-0.25, -0.2) is 8.42 Å². The van der Waals surface area contributed by atoms with Gasteiger partial charge in [0.2, 0.25) is 10.0 Å². The van der Waals surface area contributed by atoms with E-state index in [4.69, 9.17) is 4.74 Å². The molecule has 0 fully saturated rings. The number of amides is 1. The summed E-state index contributed by atoms with van der Waals surface area (Å²) in [5.74, 6) is -0.282. The second-order valence-corrected chi connectivity index (χ2v) is 7.64. The fourth-order valence-electron chi connectivity index (χ4n) is 2.46. The summed E-state index contributed by atoms with van der Waals surface area (Å²) in [7, 11) is -3.56. The van der Waals surface area contributed by atoms with E-state index in [2.05, 4.69) is 5.32 Å². The molecule has 0 radical (unpaired) electrons. The van der Waals surface area contributed by atoms with Crippen molar-refractivity contribution in [1.82, 2.24) is 4.31 Å². The number of carbonyl (C=O) groups is 1. The minimum absolute atomic E-state index is 0.136. The van der Waals surface area contributed by atoms with Crippen molar-refractivity contribution in [3.63, 3.8) is 0 Å². The maximum Gasteiger partial charge on any atom is 0.273 e. The summed E-state index contributed by atoms with van der Waals surface area (Å²) in [5, 5.41) is 13.3. The quantitative estimate of drug-likeness (QED) is 0.504. The molecule has 1 amide bonds. The molecule has 0 bridgehead atoms. The van der Waals surface area contributed by atoms with E-state index in [0.29, 0.717) is 18.8 Å². The summed E-state index contributed by atoms with van der Waals surface area (Å²) < 4.78 is 31.5. The Morgan fingerprint density at radius 2 is 1.79 bits per heavy atom. The Bertz CT molecular complexity index is 940. The summed E-state index contributed by atoms with van der Waals surface area (Å²) in [4.78, 5) is 22.3. The van der Waals surface area contributed by atoms with Gasteiger partial charge in [-0.05, 0) is 30.3 Å². The highest BCUT2D eigenvalue weighted by molar-refractivity contribution is 7.89. The van der Waals surface area contributed by atoms with Gasteiger partial charge in [0.05, 0.1) is 15.9 Å². The summed E-state index contributed by atoms with van der Waals surface area (Å²) in [6.45, 7) is 3.91. The largest absolute Gasteiger partial charge is 0.484 e. The predicted octanol–water partition coefficient (Wildman–Crippen LogP) is 2.64. The van der Waals surface area contributed by atoms with Crippen LogP contribution in [0.5, 0.6) is 5.75 Å². The number of carbonyl (C=O) groups excluding carboxylic acids is 1. The monoisotopic (exact) mass is 407 g/mol. The molecule has 10 heteroatoms. The van der Waals surface area contributed by atoms with Crippen molar-refractivity contribution in [3.8, 4) is 5.75 Å². The van der Waals surface area contributed by atoms with Crippen molar-refractivity contribution in [2.24, 2.45) is 0 Å². The topological polar surface area (TPSA) is 119 Å². The Morgan fingerprint density at radius 1 is 1.14 bits per heavy atom. The van der Waals surface area contributed by atoms with E-state index >= 15 is 0 Å². The Balaban J connectivity index is 1.98. The second-order valence-electron chi connectivity index (χ2n) is 5.71. The van der Waals surface area contributed by atoms with Crippen LogP contribution < -0.4 is 10.1 Å². The first-order valence-corrected chi connectivity index (χ1v) is 9.99. The van der Waals surface area contributed by atoms with Crippen LogP contribution in [0.25, 0.3) is 0 Å². The van der Waals surface area contributed by atoms with Crippen LogP contribution in [0.2, 0.25) is 0 Å². The number of ether oxygens (including phenoxy) is 1. The Hall–Kier alpha value is -2.98. The van der Waals surface area contributed by atoms with Crippen molar-refractivity contribution in [2.45, 2.75) is 18.7 Å². The molecule has 0 unspecified atom stereocenters. The third kappa shape index (κ3) is 5.27. The molecule has 0 atom stereocenters. The Kier molecular flexibility index (Phi) is 7.07. The van der Waals surface area contributed by atoms with Crippen LogP contribution in [0.3, 0.4) is 0 Å². The number of sulfonamides is 1. The Labute approximate surface area is 163 Å². The van der Waals surface area contributed by atoms with E-state index in [-0.39, 0.29) is 22.9 Å². The molecule has 0 spiro atoms. The molecule has 0 aliphatic heterocycles. The number of nitro benzene ring substituents is 1. The lowest BCUT2D eigenvalue weighted by Crippen LogP contribution is -2.30. The first-order chi connectivity index (χ1) is 13.3. The highest BCUT2D eigenvalue weighted by Crippen LogP contribution is 2.20. The van der Waals surface area contributed by atoms with Crippen LogP contribution in [0, 0.1) is 10.1 Å². The van der Waals surface area contributed by atoms with Gasteiger partial charge in [0, 0.05) is 24.8 Å². The lowest BCUT2D eigenvalue weighted by molar-refractivity contribution is -0.384.